The number of rotatable bonds is 8. The number of carboxylic acid groups (broad SMARTS) is 1. The fourth-order valence-electron chi connectivity index (χ4n) is 4.42. The molecule has 0 bridgehead atoms. The lowest BCUT2D eigenvalue weighted by atomic mass is 10.0. The molecule has 4 atom stereocenters. The smallest absolute Gasteiger partial charge is 0.419 e. The van der Waals surface area contributed by atoms with Crippen molar-refractivity contribution in [3.63, 3.8) is 0 Å². The number of hydrogen-bond donors (Lipinski definition) is 2. The average Bonchev–Trinajstić information content (AvgIpc) is 3.15. The molecular weight excluding hydrogens is 523 g/mol. The van der Waals surface area contributed by atoms with E-state index < -0.39 is 44.4 Å². The fourth-order valence-corrected chi connectivity index (χ4v) is 5.76. The fraction of sp³-hybridized carbons (Fsp3) is 0.750. The molecule has 2 N–H and O–H groups in total. The molecule has 1 aromatic heterocycles. The van der Waals surface area contributed by atoms with Gasteiger partial charge in [0.15, 0.2) is 8.32 Å². The number of carbonyl (C=O) groups excluding carboxylic acids is 1. The number of alkyl halides is 3. The number of carbonyl (C=O) groups is 2. The summed E-state index contributed by atoms with van der Waals surface area (Å²) in [5.74, 6) is 0.0229. The molecule has 0 aliphatic carbocycles. The van der Waals surface area contributed by atoms with Gasteiger partial charge in [0, 0.05) is 38.4 Å². The molecule has 0 unspecified atom stereocenters. The number of nitrogens with zero attached hydrogens (tertiary/aromatic N) is 4. The average molecular weight is 562 g/mol. The molecule has 0 spiro atoms. The number of anilines is 1. The lowest BCUT2D eigenvalue weighted by molar-refractivity contribution is -0.141. The normalized spacial score (nSPS) is 24.0. The number of hydrogen-bond acceptors (Lipinski definition) is 7. The van der Waals surface area contributed by atoms with Gasteiger partial charge in [0.1, 0.15) is 6.10 Å². The van der Waals surface area contributed by atoms with Gasteiger partial charge in [0.2, 0.25) is 5.95 Å². The molecule has 10 nitrogen and oxygen atoms in total. The Morgan fingerprint density at radius 1 is 1.21 bits per heavy atom. The van der Waals surface area contributed by atoms with E-state index in [-0.39, 0.29) is 29.5 Å². The predicted molar refractivity (Wildman–Crippen MR) is 136 cm³/mol. The van der Waals surface area contributed by atoms with E-state index in [1.807, 2.05) is 4.90 Å². The summed E-state index contributed by atoms with van der Waals surface area (Å²) in [6.45, 7) is 13.6. The van der Waals surface area contributed by atoms with Gasteiger partial charge >= 0.3 is 12.3 Å². The van der Waals surface area contributed by atoms with Crippen molar-refractivity contribution in [3.8, 4) is 0 Å². The molecule has 2 aliphatic rings. The van der Waals surface area contributed by atoms with E-state index in [2.05, 4.69) is 49.1 Å². The van der Waals surface area contributed by atoms with Gasteiger partial charge in [-0.2, -0.15) is 13.2 Å². The monoisotopic (exact) mass is 561 g/mol. The van der Waals surface area contributed by atoms with E-state index in [0.717, 1.165) is 12.4 Å². The van der Waals surface area contributed by atoms with Gasteiger partial charge in [0.05, 0.1) is 30.4 Å². The summed E-state index contributed by atoms with van der Waals surface area (Å²) in [4.78, 5) is 35.6. The van der Waals surface area contributed by atoms with Crippen LogP contribution < -0.4 is 10.2 Å². The first-order valence-electron chi connectivity index (χ1n) is 12.7. The van der Waals surface area contributed by atoms with Crippen LogP contribution in [-0.4, -0.2) is 90.8 Å². The second-order valence-electron chi connectivity index (χ2n) is 11.5. The van der Waals surface area contributed by atoms with Crippen LogP contribution in [0.25, 0.3) is 0 Å². The summed E-state index contributed by atoms with van der Waals surface area (Å²) in [5.41, 5.74) is -0.910. The first-order chi connectivity index (χ1) is 17.5. The molecule has 1 aromatic rings. The number of amides is 2. The molecule has 214 valence electrons. The molecule has 2 amide bonds. The van der Waals surface area contributed by atoms with Crippen LogP contribution in [0.5, 0.6) is 0 Å². The number of likely N-dealkylation sites (tertiary alicyclic amines) is 1. The molecule has 0 saturated carbocycles. The van der Waals surface area contributed by atoms with E-state index in [0.29, 0.717) is 32.5 Å². The third kappa shape index (κ3) is 7.14. The van der Waals surface area contributed by atoms with E-state index in [4.69, 9.17) is 14.3 Å². The Hall–Kier alpha value is -2.45. The van der Waals surface area contributed by atoms with Crippen molar-refractivity contribution >= 4 is 26.3 Å². The van der Waals surface area contributed by atoms with Crippen LogP contribution in [0.4, 0.5) is 23.9 Å². The van der Waals surface area contributed by atoms with E-state index in [1.54, 1.807) is 11.8 Å². The third-order valence-corrected chi connectivity index (χ3v) is 12.0. The predicted octanol–water partition coefficient (Wildman–Crippen LogP) is 3.74. The van der Waals surface area contributed by atoms with Crippen LogP contribution in [0.15, 0.2) is 12.4 Å². The maximum Gasteiger partial charge on any atom is 0.419 e. The zero-order valence-electron chi connectivity index (χ0n) is 22.7. The molecule has 3 heterocycles. The topological polar surface area (TPSA) is 117 Å². The Labute approximate surface area is 222 Å². The Bertz CT molecular complexity index is 989. The van der Waals surface area contributed by atoms with Crippen LogP contribution in [-0.2, 0) is 20.1 Å². The SMILES string of the molecule is C[C@@H](CO[C@@H]1CCN([C@H]2CCN(c3ncc(C(F)(F)F)cn3)C[C@H]2O[Si](C)(C)C(C)(C)C)C1=O)NC(=O)O. The number of nitrogens with one attached hydrogen (secondary N) is 1. The number of piperidine rings is 1. The van der Waals surface area contributed by atoms with Gasteiger partial charge in [0.25, 0.3) is 5.91 Å². The van der Waals surface area contributed by atoms with Crippen LogP contribution in [0.1, 0.15) is 46.1 Å². The van der Waals surface area contributed by atoms with Crippen LogP contribution in [0, 0.1) is 0 Å². The Morgan fingerprint density at radius 3 is 2.39 bits per heavy atom. The Balaban J connectivity index is 1.76. The standard InChI is InChI=1S/C24H38F3N5O5Si/c1-15(30-22(34)35)14-36-18-8-10-32(20(18)33)17-7-9-31(13-19(17)37-38(5,6)23(2,3)4)21-28-11-16(12-29-21)24(25,26)27/h11-12,15,17-19,30H,7-10,13-14H2,1-6H3,(H,34,35)/t15-,17-,18+,19+/m0/s1. The molecule has 38 heavy (non-hydrogen) atoms. The minimum absolute atomic E-state index is 0.0736. The van der Waals surface area contributed by atoms with Crippen molar-refractivity contribution < 1.29 is 37.0 Å². The second-order valence-corrected chi connectivity index (χ2v) is 16.2. The summed E-state index contributed by atoms with van der Waals surface area (Å²) >= 11 is 0. The zero-order chi connectivity index (χ0) is 28.5. The Morgan fingerprint density at radius 2 is 1.84 bits per heavy atom. The third-order valence-electron chi connectivity index (χ3n) is 7.53. The molecule has 0 radical (unpaired) electrons. The second kappa shape index (κ2) is 11.3. The van der Waals surface area contributed by atoms with Crippen LogP contribution in [0.2, 0.25) is 18.1 Å². The Kier molecular flexibility index (Phi) is 8.98. The lowest BCUT2D eigenvalue weighted by Gasteiger charge is -2.47. The first kappa shape index (κ1) is 30.1. The van der Waals surface area contributed by atoms with Crippen molar-refractivity contribution in [3.05, 3.63) is 18.0 Å². The van der Waals surface area contributed by atoms with Crippen LogP contribution >= 0.6 is 0 Å². The van der Waals surface area contributed by atoms with Gasteiger partial charge in [-0.1, -0.05) is 20.8 Å². The lowest BCUT2D eigenvalue weighted by Crippen LogP contribution is -2.60. The summed E-state index contributed by atoms with van der Waals surface area (Å²) in [5, 5.41) is 11.1. The molecular formula is C24H38F3N5O5Si. The van der Waals surface area contributed by atoms with Crippen molar-refractivity contribution in [2.45, 2.75) is 89.1 Å². The quantitative estimate of drug-likeness (QED) is 0.461. The summed E-state index contributed by atoms with van der Waals surface area (Å²) < 4.78 is 51.5. The highest BCUT2D eigenvalue weighted by atomic mass is 28.4. The molecule has 3 rings (SSSR count). The maximum absolute atomic E-state index is 13.3. The van der Waals surface area contributed by atoms with Crippen molar-refractivity contribution in [1.29, 1.82) is 0 Å². The van der Waals surface area contributed by atoms with Gasteiger partial charge in [-0.15, -0.1) is 0 Å². The van der Waals surface area contributed by atoms with Gasteiger partial charge in [-0.25, -0.2) is 14.8 Å². The summed E-state index contributed by atoms with van der Waals surface area (Å²) in [7, 11) is -2.28. The molecule has 0 aromatic carbocycles. The van der Waals surface area contributed by atoms with Gasteiger partial charge in [-0.05, 0) is 31.5 Å². The highest BCUT2D eigenvalue weighted by Gasteiger charge is 2.47. The molecule has 2 fully saturated rings. The van der Waals surface area contributed by atoms with Gasteiger partial charge < -0.3 is 29.4 Å². The summed E-state index contributed by atoms with van der Waals surface area (Å²) in [6.07, 6.45) is -4.17. The zero-order valence-corrected chi connectivity index (χ0v) is 23.7. The van der Waals surface area contributed by atoms with Crippen LogP contribution in [0.3, 0.4) is 0 Å². The maximum atomic E-state index is 13.3. The van der Waals surface area contributed by atoms with E-state index >= 15 is 0 Å². The molecule has 2 aliphatic heterocycles. The highest BCUT2D eigenvalue weighted by Crippen LogP contribution is 2.39. The summed E-state index contributed by atoms with van der Waals surface area (Å²) in [6, 6.07) is -0.707. The first-order valence-corrected chi connectivity index (χ1v) is 15.6. The molecule has 14 heteroatoms. The van der Waals surface area contributed by atoms with Crippen molar-refractivity contribution in [1.82, 2.24) is 20.2 Å². The van der Waals surface area contributed by atoms with Gasteiger partial charge in [-0.3, -0.25) is 4.79 Å². The highest BCUT2D eigenvalue weighted by molar-refractivity contribution is 6.74. The number of ether oxygens (including phenoxy) is 1. The van der Waals surface area contributed by atoms with E-state index in [1.165, 1.54) is 0 Å². The number of halogens is 3. The molecule has 2 saturated heterocycles. The minimum atomic E-state index is -4.52. The van der Waals surface area contributed by atoms with Crippen molar-refractivity contribution in [2.75, 3.05) is 31.1 Å². The van der Waals surface area contributed by atoms with Crippen molar-refractivity contribution in [2.24, 2.45) is 0 Å². The minimum Gasteiger partial charge on any atom is -0.465 e. The largest absolute Gasteiger partial charge is 0.465 e. The van der Waals surface area contributed by atoms with E-state index in [9.17, 15) is 22.8 Å². The number of aromatic nitrogens is 2.